The first kappa shape index (κ1) is 18.0. The summed E-state index contributed by atoms with van der Waals surface area (Å²) in [5.74, 6) is 0.840. The zero-order valence-corrected chi connectivity index (χ0v) is 13.3. The van der Waals surface area contributed by atoms with E-state index in [9.17, 15) is 5.11 Å². The van der Waals surface area contributed by atoms with Crippen LogP contribution in [0.2, 0.25) is 0 Å². The summed E-state index contributed by atoms with van der Waals surface area (Å²) in [6.07, 6.45) is 3.32. The summed E-state index contributed by atoms with van der Waals surface area (Å²) in [5, 5.41) is 20.9. The second-order valence-corrected chi connectivity index (χ2v) is 5.12. The maximum Gasteiger partial charge on any atom is 0.149 e. The van der Waals surface area contributed by atoms with Crippen molar-refractivity contribution >= 4 is 0 Å². The van der Waals surface area contributed by atoms with Crippen LogP contribution in [0, 0.1) is 0 Å². The molecule has 0 radical (unpaired) electrons. The van der Waals surface area contributed by atoms with Gasteiger partial charge in [-0.05, 0) is 13.3 Å². The van der Waals surface area contributed by atoms with Crippen LogP contribution in [0.5, 0.6) is 0 Å². The van der Waals surface area contributed by atoms with Gasteiger partial charge in [-0.3, -0.25) is 0 Å². The van der Waals surface area contributed by atoms with E-state index in [2.05, 4.69) is 22.4 Å². The van der Waals surface area contributed by atoms with Crippen molar-refractivity contribution in [3.63, 3.8) is 0 Å². The van der Waals surface area contributed by atoms with Crippen molar-refractivity contribution in [1.82, 2.24) is 20.1 Å². The zero-order chi connectivity index (χ0) is 15.5. The second kappa shape index (κ2) is 10.7. The number of nitrogens with one attached hydrogen (secondary N) is 1. The van der Waals surface area contributed by atoms with E-state index in [4.69, 9.17) is 9.47 Å². The highest BCUT2D eigenvalue weighted by molar-refractivity contribution is 4.92. The summed E-state index contributed by atoms with van der Waals surface area (Å²) in [4.78, 5) is 0. The average Bonchev–Trinajstić information content (AvgIpc) is 2.90. The number of aromatic nitrogens is 3. The molecule has 21 heavy (non-hydrogen) atoms. The van der Waals surface area contributed by atoms with Crippen molar-refractivity contribution in [2.75, 3.05) is 33.0 Å². The molecule has 0 aromatic carbocycles. The van der Waals surface area contributed by atoms with Gasteiger partial charge in [0.05, 0.1) is 32.0 Å². The first-order chi connectivity index (χ1) is 10.1. The molecule has 122 valence electrons. The highest BCUT2D eigenvalue weighted by atomic mass is 16.5. The van der Waals surface area contributed by atoms with Crippen molar-refractivity contribution in [3.8, 4) is 0 Å². The monoisotopic (exact) mass is 300 g/mol. The van der Waals surface area contributed by atoms with Crippen molar-refractivity contribution in [3.05, 3.63) is 12.2 Å². The molecule has 0 saturated carbocycles. The van der Waals surface area contributed by atoms with E-state index in [0.717, 1.165) is 25.3 Å². The predicted octanol–water partition coefficient (Wildman–Crippen LogP) is 0.660. The minimum atomic E-state index is -0.545. The molecule has 0 aliphatic heterocycles. The lowest BCUT2D eigenvalue weighted by molar-refractivity contribution is 0.00323. The number of unbranched alkanes of at least 4 members (excludes halogenated alkanes) is 1. The van der Waals surface area contributed by atoms with E-state index in [1.54, 1.807) is 6.33 Å². The topological polar surface area (TPSA) is 81.4 Å². The van der Waals surface area contributed by atoms with Crippen molar-refractivity contribution in [2.45, 2.75) is 38.8 Å². The normalized spacial score (nSPS) is 14.3. The fourth-order valence-electron chi connectivity index (χ4n) is 1.83. The third kappa shape index (κ3) is 7.52. The van der Waals surface area contributed by atoms with E-state index in [0.29, 0.717) is 26.4 Å². The first-order valence-corrected chi connectivity index (χ1v) is 7.56. The van der Waals surface area contributed by atoms with Crippen LogP contribution >= 0.6 is 0 Å². The number of nitrogens with zero attached hydrogens (tertiary/aromatic N) is 3. The lowest BCUT2D eigenvalue weighted by Crippen LogP contribution is -2.33. The van der Waals surface area contributed by atoms with Gasteiger partial charge in [-0.2, -0.15) is 0 Å². The Labute approximate surface area is 126 Å². The molecule has 7 heteroatoms. The summed E-state index contributed by atoms with van der Waals surface area (Å²) in [7, 11) is 1.89. The van der Waals surface area contributed by atoms with Crippen molar-refractivity contribution in [1.29, 1.82) is 0 Å². The number of hydrogen-bond donors (Lipinski definition) is 2. The van der Waals surface area contributed by atoms with Crippen LogP contribution in [-0.4, -0.2) is 58.9 Å². The van der Waals surface area contributed by atoms with Gasteiger partial charge >= 0.3 is 0 Å². The van der Waals surface area contributed by atoms with Crippen molar-refractivity contribution in [2.24, 2.45) is 7.05 Å². The van der Waals surface area contributed by atoms with Gasteiger partial charge < -0.3 is 24.5 Å². The van der Waals surface area contributed by atoms with Gasteiger partial charge in [0, 0.05) is 20.2 Å². The first-order valence-electron chi connectivity index (χ1n) is 7.56. The van der Waals surface area contributed by atoms with E-state index in [-0.39, 0.29) is 6.04 Å². The fourth-order valence-corrected chi connectivity index (χ4v) is 1.83. The molecule has 7 nitrogen and oxygen atoms in total. The van der Waals surface area contributed by atoms with Crippen LogP contribution in [0.25, 0.3) is 0 Å². The molecular formula is C14H28N4O3. The van der Waals surface area contributed by atoms with Gasteiger partial charge in [-0.25, -0.2) is 0 Å². The Morgan fingerprint density at radius 3 is 2.76 bits per heavy atom. The van der Waals surface area contributed by atoms with Crippen molar-refractivity contribution < 1.29 is 14.6 Å². The molecule has 0 fully saturated rings. The molecule has 1 heterocycles. The molecule has 2 atom stereocenters. The molecule has 0 aliphatic carbocycles. The van der Waals surface area contributed by atoms with Gasteiger partial charge in [-0.1, -0.05) is 13.3 Å². The summed E-state index contributed by atoms with van der Waals surface area (Å²) >= 11 is 0. The summed E-state index contributed by atoms with van der Waals surface area (Å²) < 4.78 is 12.6. The minimum absolute atomic E-state index is 0.0320. The maximum absolute atomic E-state index is 9.83. The van der Waals surface area contributed by atoms with Gasteiger partial charge in [0.25, 0.3) is 0 Å². The standard InChI is InChI=1S/C14H28N4O3/c1-4-5-6-20-7-8-21-10-13(19)9-15-12(2)14-17-16-11-18(14)3/h11-13,15,19H,4-10H2,1-3H3. The van der Waals surface area contributed by atoms with E-state index >= 15 is 0 Å². The van der Waals surface area contributed by atoms with Crippen LogP contribution in [0.15, 0.2) is 6.33 Å². The zero-order valence-electron chi connectivity index (χ0n) is 13.3. The highest BCUT2D eigenvalue weighted by Gasteiger charge is 2.12. The smallest absolute Gasteiger partial charge is 0.149 e. The van der Waals surface area contributed by atoms with Gasteiger partial charge in [-0.15, -0.1) is 10.2 Å². The summed E-state index contributed by atoms with van der Waals surface area (Å²) in [6.45, 7) is 6.74. The predicted molar refractivity (Wildman–Crippen MR) is 80.0 cm³/mol. The summed E-state index contributed by atoms with van der Waals surface area (Å²) in [6, 6.07) is 0.0320. The van der Waals surface area contributed by atoms with Crippen LogP contribution in [0.4, 0.5) is 0 Å². The second-order valence-electron chi connectivity index (χ2n) is 5.12. The molecule has 1 rings (SSSR count). The minimum Gasteiger partial charge on any atom is -0.389 e. The number of aliphatic hydroxyl groups is 1. The molecule has 2 N–H and O–H groups in total. The van der Waals surface area contributed by atoms with Gasteiger partial charge in [0.15, 0.2) is 0 Å². The molecule has 0 amide bonds. The molecule has 2 unspecified atom stereocenters. The SMILES string of the molecule is CCCCOCCOCC(O)CNC(C)c1nncn1C. The summed E-state index contributed by atoms with van der Waals surface area (Å²) in [5.41, 5.74) is 0. The fraction of sp³-hybridized carbons (Fsp3) is 0.857. The van der Waals surface area contributed by atoms with Gasteiger partial charge in [0.1, 0.15) is 12.2 Å². The quantitative estimate of drug-likeness (QED) is 0.552. The molecule has 0 aliphatic rings. The largest absolute Gasteiger partial charge is 0.389 e. The molecule has 0 spiro atoms. The van der Waals surface area contributed by atoms with E-state index in [1.165, 1.54) is 0 Å². The molecule has 0 bridgehead atoms. The van der Waals surface area contributed by atoms with Crippen LogP contribution in [0.3, 0.4) is 0 Å². The number of hydrogen-bond acceptors (Lipinski definition) is 6. The van der Waals surface area contributed by atoms with Crippen LogP contribution in [0.1, 0.15) is 38.6 Å². The van der Waals surface area contributed by atoms with E-state index < -0.39 is 6.10 Å². The molecule has 1 aromatic heterocycles. The average molecular weight is 300 g/mol. The number of rotatable bonds is 12. The Morgan fingerprint density at radius 2 is 2.10 bits per heavy atom. The molecular weight excluding hydrogens is 272 g/mol. The third-order valence-corrected chi connectivity index (χ3v) is 3.12. The van der Waals surface area contributed by atoms with Gasteiger partial charge in [0.2, 0.25) is 0 Å². The highest BCUT2D eigenvalue weighted by Crippen LogP contribution is 2.06. The molecule has 0 saturated heterocycles. The Kier molecular flexibility index (Phi) is 9.16. The van der Waals surface area contributed by atoms with Crippen LogP contribution < -0.4 is 5.32 Å². The number of aliphatic hydroxyl groups excluding tert-OH is 1. The lowest BCUT2D eigenvalue weighted by atomic mass is 10.3. The molecule has 1 aromatic rings. The lowest BCUT2D eigenvalue weighted by Gasteiger charge is -2.16. The Morgan fingerprint density at radius 1 is 1.33 bits per heavy atom. The Bertz CT molecular complexity index is 373. The third-order valence-electron chi connectivity index (χ3n) is 3.12. The number of aryl methyl sites for hydroxylation is 1. The number of ether oxygens (including phenoxy) is 2. The Balaban J connectivity index is 2.03. The van der Waals surface area contributed by atoms with Crippen LogP contribution in [-0.2, 0) is 16.5 Å². The van der Waals surface area contributed by atoms with E-state index in [1.807, 2.05) is 18.5 Å². The Hall–Kier alpha value is -1.02. The maximum atomic E-state index is 9.83.